The second-order valence-corrected chi connectivity index (χ2v) is 10.4. The highest BCUT2D eigenvalue weighted by molar-refractivity contribution is 7.80. The Morgan fingerprint density at radius 3 is 1.39 bits per heavy atom. The van der Waals surface area contributed by atoms with Gasteiger partial charge in [-0.05, 0) is 87.4 Å². The first-order valence-electron chi connectivity index (χ1n) is 13.6. The lowest BCUT2D eigenvalue weighted by Crippen LogP contribution is -2.35. The third-order valence-corrected chi connectivity index (χ3v) is 5.73. The zero-order chi connectivity index (χ0) is 26.7. The number of hydrogen-bond donors (Lipinski definition) is 2. The standard InChI is InChI=1S/C17H20N2O2S.C13H30N/c1-3-20-15-9-5-13(6-10-15)18-17(22)19-14-7-11-16(12-8-14)21-4-2;1-5-6-7-8-9-10-11-12-13-14(2,3)4/h5-12H,3-4H2,1-2H3,(H2,18,19,22);5-13H2,1-4H3/q;+1. The number of thiocarbonyl (C=S) groups is 1. The van der Waals surface area contributed by atoms with Crippen LogP contribution in [0.5, 0.6) is 11.5 Å². The van der Waals surface area contributed by atoms with Crippen molar-refractivity contribution in [3.63, 3.8) is 0 Å². The molecule has 0 bridgehead atoms. The number of ether oxygens (including phenoxy) is 2. The van der Waals surface area contributed by atoms with Crippen molar-refractivity contribution in [3.05, 3.63) is 48.5 Å². The summed E-state index contributed by atoms with van der Waals surface area (Å²) in [4.78, 5) is 0. The lowest BCUT2D eigenvalue weighted by Gasteiger charge is -2.23. The first-order valence-corrected chi connectivity index (χ1v) is 14.0. The molecule has 0 amide bonds. The van der Waals surface area contributed by atoms with Crippen LogP contribution in [0.1, 0.15) is 72.1 Å². The first kappa shape index (κ1) is 31.7. The number of hydrogen-bond acceptors (Lipinski definition) is 3. The number of benzene rings is 2. The van der Waals surface area contributed by atoms with E-state index in [4.69, 9.17) is 21.7 Å². The fourth-order valence-corrected chi connectivity index (χ4v) is 3.85. The van der Waals surface area contributed by atoms with Gasteiger partial charge in [-0.3, -0.25) is 0 Å². The largest absolute Gasteiger partial charge is 0.494 e. The molecule has 2 aromatic carbocycles. The predicted molar refractivity (Wildman–Crippen MR) is 161 cm³/mol. The van der Waals surface area contributed by atoms with E-state index in [1.54, 1.807) is 0 Å². The summed E-state index contributed by atoms with van der Waals surface area (Å²) in [6, 6.07) is 15.3. The lowest BCUT2D eigenvalue weighted by molar-refractivity contribution is -0.870. The van der Waals surface area contributed by atoms with Crippen LogP contribution in [0.3, 0.4) is 0 Å². The molecule has 5 nitrogen and oxygen atoms in total. The van der Waals surface area contributed by atoms with Crippen LogP contribution in [-0.2, 0) is 0 Å². The number of quaternary nitrogens is 1. The van der Waals surface area contributed by atoms with Crippen LogP contribution in [0.2, 0.25) is 0 Å². The topological polar surface area (TPSA) is 42.5 Å². The minimum absolute atomic E-state index is 0.535. The van der Waals surface area contributed by atoms with Crippen LogP contribution in [0.25, 0.3) is 0 Å². The van der Waals surface area contributed by atoms with Crippen LogP contribution in [0.4, 0.5) is 11.4 Å². The van der Waals surface area contributed by atoms with Crippen molar-refractivity contribution in [2.24, 2.45) is 0 Å². The van der Waals surface area contributed by atoms with Crippen LogP contribution in [-0.4, -0.2) is 50.5 Å². The molecule has 2 aromatic rings. The summed E-state index contributed by atoms with van der Waals surface area (Å²) in [7, 11) is 6.84. The van der Waals surface area contributed by atoms with E-state index in [0.29, 0.717) is 18.3 Å². The molecule has 0 spiro atoms. The average molecular weight is 517 g/mol. The molecular weight excluding hydrogens is 466 g/mol. The van der Waals surface area contributed by atoms with Gasteiger partial charge in [0.15, 0.2) is 5.11 Å². The van der Waals surface area contributed by atoms with E-state index in [1.807, 2.05) is 62.4 Å². The van der Waals surface area contributed by atoms with Crippen molar-refractivity contribution in [2.45, 2.75) is 72.1 Å². The molecule has 0 heterocycles. The fraction of sp³-hybridized carbons (Fsp3) is 0.567. The molecule has 0 atom stereocenters. The Balaban J connectivity index is 0.000000402. The van der Waals surface area contributed by atoms with Crippen molar-refractivity contribution in [1.29, 1.82) is 0 Å². The predicted octanol–water partition coefficient (Wildman–Crippen LogP) is 8.13. The van der Waals surface area contributed by atoms with Gasteiger partial charge in [-0.1, -0.05) is 45.4 Å². The Bertz CT molecular complexity index is 764. The molecule has 6 heteroatoms. The molecule has 36 heavy (non-hydrogen) atoms. The average Bonchev–Trinajstić information content (AvgIpc) is 2.83. The molecule has 2 rings (SSSR count). The van der Waals surface area contributed by atoms with E-state index in [2.05, 4.69) is 38.7 Å². The normalized spacial score (nSPS) is 10.7. The van der Waals surface area contributed by atoms with E-state index in [9.17, 15) is 0 Å². The van der Waals surface area contributed by atoms with Gasteiger partial charge in [-0.15, -0.1) is 0 Å². The number of anilines is 2. The minimum atomic E-state index is 0.535. The van der Waals surface area contributed by atoms with Crippen LogP contribution >= 0.6 is 12.2 Å². The van der Waals surface area contributed by atoms with Crippen molar-refractivity contribution in [2.75, 3.05) is 51.5 Å². The summed E-state index contributed by atoms with van der Waals surface area (Å²) in [5.74, 6) is 1.69. The summed E-state index contributed by atoms with van der Waals surface area (Å²) < 4.78 is 11.9. The molecule has 0 aliphatic rings. The summed E-state index contributed by atoms with van der Waals surface area (Å²) in [6.07, 6.45) is 11.4. The zero-order valence-corrected chi connectivity index (χ0v) is 24.4. The Morgan fingerprint density at radius 2 is 1.03 bits per heavy atom. The molecule has 2 N–H and O–H groups in total. The van der Waals surface area contributed by atoms with E-state index in [1.165, 1.54) is 57.9 Å². The first-order chi connectivity index (χ1) is 17.3. The van der Waals surface area contributed by atoms with Gasteiger partial charge in [-0.25, -0.2) is 0 Å². The zero-order valence-electron chi connectivity index (χ0n) is 23.6. The second kappa shape index (κ2) is 18.9. The number of rotatable bonds is 15. The van der Waals surface area contributed by atoms with Crippen LogP contribution in [0, 0.1) is 0 Å². The van der Waals surface area contributed by atoms with Crippen molar-refractivity contribution in [3.8, 4) is 11.5 Å². The number of nitrogens with zero attached hydrogens (tertiary/aromatic N) is 1. The maximum absolute atomic E-state index is 5.40. The SMILES string of the molecule is CCCCCCCCCC[N+](C)(C)C.CCOc1ccc(NC(=S)Nc2ccc(OCC)cc2)cc1. The van der Waals surface area contributed by atoms with E-state index in [0.717, 1.165) is 27.4 Å². The highest BCUT2D eigenvalue weighted by Gasteiger charge is 2.05. The summed E-state index contributed by atoms with van der Waals surface area (Å²) >= 11 is 5.30. The van der Waals surface area contributed by atoms with Gasteiger partial charge in [0.25, 0.3) is 0 Å². The molecule has 0 radical (unpaired) electrons. The Kier molecular flexibility index (Phi) is 16.6. The quantitative estimate of drug-likeness (QED) is 0.142. The third kappa shape index (κ3) is 16.4. The molecule has 0 unspecified atom stereocenters. The highest BCUT2D eigenvalue weighted by atomic mass is 32.1. The molecule has 0 saturated heterocycles. The number of unbranched alkanes of at least 4 members (excludes halogenated alkanes) is 7. The van der Waals surface area contributed by atoms with Crippen LogP contribution < -0.4 is 20.1 Å². The monoisotopic (exact) mass is 516 g/mol. The van der Waals surface area contributed by atoms with E-state index in [-0.39, 0.29) is 0 Å². The van der Waals surface area contributed by atoms with Gasteiger partial charge in [0.05, 0.1) is 40.9 Å². The maximum atomic E-state index is 5.40. The van der Waals surface area contributed by atoms with Gasteiger partial charge in [0, 0.05) is 11.4 Å². The molecule has 0 saturated carbocycles. The lowest BCUT2D eigenvalue weighted by atomic mass is 10.1. The van der Waals surface area contributed by atoms with Gasteiger partial charge in [0.2, 0.25) is 0 Å². The molecule has 0 aromatic heterocycles. The van der Waals surface area contributed by atoms with E-state index < -0.39 is 0 Å². The van der Waals surface area contributed by atoms with Crippen molar-refractivity contribution >= 4 is 28.7 Å². The van der Waals surface area contributed by atoms with Crippen molar-refractivity contribution in [1.82, 2.24) is 0 Å². The highest BCUT2D eigenvalue weighted by Crippen LogP contribution is 2.18. The van der Waals surface area contributed by atoms with E-state index >= 15 is 0 Å². The summed E-state index contributed by atoms with van der Waals surface area (Å²) in [5.41, 5.74) is 1.82. The molecule has 0 fully saturated rings. The molecule has 0 aliphatic heterocycles. The fourth-order valence-electron chi connectivity index (χ4n) is 3.62. The molecular formula is C30H50N3O2S+. The van der Waals surface area contributed by atoms with Crippen molar-refractivity contribution < 1.29 is 14.0 Å². The van der Waals surface area contributed by atoms with Gasteiger partial charge >= 0.3 is 0 Å². The van der Waals surface area contributed by atoms with Crippen LogP contribution in [0.15, 0.2) is 48.5 Å². The summed E-state index contributed by atoms with van der Waals surface area (Å²) in [6.45, 7) is 8.84. The smallest absolute Gasteiger partial charge is 0.175 e. The minimum Gasteiger partial charge on any atom is -0.494 e. The molecule has 0 aliphatic carbocycles. The Labute approximate surface area is 226 Å². The number of nitrogens with one attached hydrogen (secondary N) is 2. The second-order valence-electron chi connectivity index (χ2n) is 9.98. The Morgan fingerprint density at radius 1 is 0.639 bits per heavy atom. The van der Waals surface area contributed by atoms with Gasteiger partial charge in [0.1, 0.15) is 11.5 Å². The van der Waals surface area contributed by atoms with Gasteiger partial charge < -0.3 is 24.6 Å². The molecule has 202 valence electrons. The Hall–Kier alpha value is -2.31. The third-order valence-electron chi connectivity index (χ3n) is 5.53. The maximum Gasteiger partial charge on any atom is 0.175 e. The van der Waals surface area contributed by atoms with Gasteiger partial charge in [-0.2, -0.15) is 0 Å². The summed E-state index contributed by atoms with van der Waals surface area (Å²) in [5, 5.41) is 6.80.